The summed E-state index contributed by atoms with van der Waals surface area (Å²) in [5.74, 6) is 1.66. The van der Waals surface area contributed by atoms with Gasteiger partial charge in [0.1, 0.15) is 23.1 Å². The molecular weight excluding hydrogens is 264 g/mol. The molecule has 1 aromatic carbocycles. The molecule has 1 aromatic rings. The van der Waals surface area contributed by atoms with Gasteiger partial charge in [0.15, 0.2) is 0 Å². The van der Waals surface area contributed by atoms with Crippen molar-refractivity contribution in [2.75, 3.05) is 13.7 Å². The first-order valence-electron chi connectivity index (χ1n) is 7.68. The van der Waals surface area contributed by atoms with E-state index in [1.807, 2.05) is 24.3 Å². The third-order valence-corrected chi connectivity index (χ3v) is 4.00. The van der Waals surface area contributed by atoms with Crippen molar-refractivity contribution in [3.8, 4) is 17.6 Å². The van der Waals surface area contributed by atoms with Crippen LogP contribution in [0.3, 0.4) is 0 Å². The number of nitrogens with one attached hydrogen (secondary N) is 1. The molecule has 1 aliphatic carbocycles. The summed E-state index contributed by atoms with van der Waals surface area (Å²) in [6.07, 6.45) is 4.81. The number of nitriles is 1. The molecule has 0 amide bonds. The molecule has 4 nitrogen and oxygen atoms in total. The Morgan fingerprint density at radius 1 is 1.33 bits per heavy atom. The summed E-state index contributed by atoms with van der Waals surface area (Å²) in [6, 6.07) is 10.1. The van der Waals surface area contributed by atoms with Crippen molar-refractivity contribution in [3.63, 3.8) is 0 Å². The first-order chi connectivity index (χ1) is 10.2. The lowest BCUT2D eigenvalue weighted by Gasteiger charge is -2.36. The SMILES string of the molecule is CCCNC1(C#N)CCCC(Oc2ccc(OC)cc2)C1. The van der Waals surface area contributed by atoms with Gasteiger partial charge in [-0.1, -0.05) is 6.92 Å². The van der Waals surface area contributed by atoms with Gasteiger partial charge in [-0.05, 0) is 56.5 Å². The second kappa shape index (κ2) is 7.33. The Hall–Kier alpha value is -1.73. The van der Waals surface area contributed by atoms with Crippen LogP contribution in [0, 0.1) is 11.3 Å². The van der Waals surface area contributed by atoms with Crippen LogP contribution in [0.5, 0.6) is 11.5 Å². The average molecular weight is 288 g/mol. The molecule has 2 rings (SSSR count). The molecule has 0 saturated heterocycles. The zero-order valence-corrected chi connectivity index (χ0v) is 12.9. The van der Waals surface area contributed by atoms with E-state index in [0.717, 1.165) is 50.1 Å². The second-order valence-corrected chi connectivity index (χ2v) is 5.63. The molecule has 0 bridgehead atoms. The van der Waals surface area contributed by atoms with Gasteiger partial charge in [0, 0.05) is 6.42 Å². The molecule has 1 aliphatic rings. The third-order valence-electron chi connectivity index (χ3n) is 4.00. The first kappa shape index (κ1) is 15.7. The molecular formula is C17H24N2O2. The van der Waals surface area contributed by atoms with E-state index < -0.39 is 5.54 Å². The molecule has 1 fully saturated rings. The van der Waals surface area contributed by atoms with Crippen LogP contribution in [0.2, 0.25) is 0 Å². The number of hydrogen-bond donors (Lipinski definition) is 1. The lowest BCUT2D eigenvalue weighted by Crippen LogP contribution is -2.50. The number of ether oxygens (including phenoxy) is 2. The number of rotatable bonds is 6. The Morgan fingerprint density at radius 2 is 2.05 bits per heavy atom. The molecule has 114 valence electrons. The number of benzene rings is 1. The third kappa shape index (κ3) is 4.12. The highest BCUT2D eigenvalue weighted by molar-refractivity contribution is 5.31. The summed E-state index contributed by atoms with van der Waals surface area (Å²) in [6.45, 7) is 3.00. The van der Waals surface area contributed by atoms with E-state index in [1.165, 1.54) is 0 Å². The smallest absolute Gasteiger partial charge is 0.119 e. The fourth-order valence-corrected chi connectivity index (χ4v) is 2.84. The number of nitrogens with zero attached hydrogens (tertiary/aromatic N) is 1. The van der Waals surface area contributed by atoms with E-state index in [4.69, 9.17) is 9.47 Å². The maximum Gasteiger partial charge on any atom is 0.119 e. The largest absolute Gasteiger partial charge is 0.497 e. The molecule has 2 atom stereocenters. The van der Waals surface area contributed by atoms with E-state index in [-0.39, 0.29) is 6.10 Å². The summed E-state index contributed by atoms with van der Waals surface area (Å²) < 4.78 is 11.2. The van der Waals surface area contributed by atoms with Gasteiger partial charge in [0.25, 0.3) is 0 Å². The van der Waals surface area contributed by atoms with Gasteiger partial charge in [0.2, 0.25) is 0 Å². The van der Waals surface area contributed by atoms with Crippen LogP contribution in [0.1, 0.15) is 39.0 Å². The van der Waals surface area contributed by atoms with E-state index in [0.29, 0.717) is 0 Å². The van der Waals surface area contributed by atoms with Crippen LogP contribution in [-0.4, -0.2) is 25.3 Å². The summed E-state index contributed by atoms with van der Waals surface area (Å²) in [5.41, 5.74) is -0.425. The molecule has 0 aromatic heterocycles. The molecule has 0 radical (unpaired) electrons. The Labute approximate surface area is 127 Å². The molecule has 1 N–H and O–H groups in total. The second-order valence-electron chi connectivity index (χ2n) is 5.63. The highest BCUT2D eigenvalue weighted by Crippen LogP contribution is 2.31. The van der Waals surface area contributed by atoms with E-state index in [2.05, 4.69) is 18.3 Å². The van der Waals surface area contributed by atoms with Crippen LogP contribution in [0.4, 0.5) is 0 Å². The van der Waals surface area contributed by atoms with E-state index >= 15 is 0 Å². The van der Waals surface area contributed by atoms with E-state index in [1.54, 1.807) is 7.11 Å². The van der Waals surface area contributed by atoms with Crippen LogP contribution in [-0.2, 0) is 0 Å². The lowest BCUT2D eigenvalue weighted by molar-refractivity contribution is 0.112. The minimum absolute atomic E-state index is 0.0937. The summed E-state index contributed by atoms with van der Waals surface area (Å²) in [4.78, 5) is 0. The zero-order chi connectivity index (χ0) is 15.1. The minimum atomic E-state index is -0.425. The minimum Gasteiger partial charge on any atom is -0.497 e. The van der Waals surface area contributed by atoms with Crippen molar-refractivity contribution in [1.29, 1.82) is 5.26 Å². The Kier molecular flexibility index (Phi) is 5.46. The normalized spacial score (nSPS) is 25.1. The van der Waals surface area contributed by atoms with Crippen LogP contribution >= 0.6 is 0 Å². The van der Waals surface area contributed by atoms with Gasteiger partial charge in [-0.15, -0.1) is 0 Å². The number of methoxy groups -OCH3 is 1. The quantitative estimate of drug-likeness (QED) is 0.873. The van der Waals surface area contributed by atoms with Gasteiger partial charge in [-0.25, -0.2) is 0 Å². The van der Waals surface area contributed by atoms with Crippen molar-refractivity contribution in [3.05, 3.63) is 24.3 Å². The zero-order valence-electron chi connectivity index (χ0n) is 12.9. The molecule has 0 aliphatic heterocycles. The van der Waals surface area contributed by atoms with Gasteiger partial charge in [0.05, 0.1) is 13.2 Å². The van der Waals surface area contributed by atoms with Gasteiger partial charge >= 0.3 is 0 Å². The Bertz CT molecular complexity index is 481. The summed E-state index contributed by atoms with van der Waals surface area (Å²) in [7, 11) is 1.65. The molecule has 0 heterocycles. The van der Waals surface area contributed by atoms with Crippen molar-refractivity contribution in [2.45, 2.75) is 50.7 Å². The van der Waals surface area contributed by atoms with Crippen LogP contribution in [0.15, 0.2) is 24.3 Å². The fourth-order valence-electron chi connectivity index (χ4n) is 2.84. The standard InChI is InChI=1S/C17H24N2O2/c1-3-11-19-17(13-18)10-4-5-16(12-17)21-15-8-6-14(20-2)7-9-15/h6-9,16,19H,3-5,10-12H2,1-2H3. The van der Waals surface area contributed by atoms with Gasteiger partial charge in [-0.2, -0.15) is 5.26 Å². The van der Waals surface area contributed by atoms with Crippen molar-refractivity contribution in [2.24, 2.45) is 0 Å². The molecule has 2 unspecified atom stereocenters. The molecule has 1 saturated carbocycles. The van der Waals surface area contributed by atoms with Gasteiger partial charge in [-0.3, -0.25) is 5.32 Å². The predicted molar refractivity (Wildman–Crippen MR) is 82.5 cm³/mol. The predicted octanol–water partition coefficient (Wildman–Crippen LogP) is 3.28. The molecule has 21 heavy (non-hydrogen) atoms. The fraction of sp³-hybridized carbons (Fsp3) is 0.588. The van der Waals surface area contributed by atoms with Crippen molar-refractivity contribution in [1.82, 2.24) is 5.32 Å². The average Bonchev–Trinajstić information content (AvgIpc) is 2.54. The molecule has 4 heteroatoms. The van der Waals surface area contributed by atoms with Gasteiger partial charge < -0.3 is 9.47 Å². The Morgan fingerprint density at radius 3 is 2.67 bits per heavy atom. The van der Waals surface area contributed by atoms with Crippen molar-refractivity contribution < 1.29 is 9.47 Å². The highest BCUT2D eigenvalue weighted by atomic mass is 16.5. The first-order valence-corrected chi connectivity index (χ1v) is 7.68. The lowest BCUT2D eigenvalue weighted by atomic mass is 9.81. The summed E-state index contributed by atoms with van der Waals surface area (Å²) in [5, 5.41) is 12.9. The summed E-state index contributed by atoms with van der Waals surface area (Å²) >= 11 is 0. The van der Waals surface area contributed by atoms with Crippen LogP contribution < -0.4 is 14.8 Å². The topological polar surface area (TPSA) is 54.3 Å². The maximum absolute atomic E-state index is 9.54. The monoisotopic (exact) mass is 288 g/mol. The van der Waals surface area contributed by atoms with Crippen molar-refractivity contribution >= 4 is 0 Å². The highest BCUT2D eigenvalue weighted by Gasteiger charge is 2.37. The maximum atomic E-state index is 9.54. The molecule has 0 spiro atoms. The van der Waals surface area contributed by atoms with Crippen LogP contribution in [0.25, 0.3) is 0 Å². The Balaban J connectivity index is 1.98. The number of hydrogen-bond acceptors (Lipinski definition) is 4. The van der Waals surface area contributed by atoms with E-state index in [9.17, 15) is 5.26 Å².